The number of fused-ring (bicyclic) bond motifs is 1. The lowest BCUT2D eigenvalue weighted by molar-refractivity contribution is 0.0665. The predicted molar refractivity (Wildman–Crippen MR) is 91.5 cm³/mol. The lowest BCUT2D eigenvalue weighted by Gasteiger charge is -2.02. The number of carbonyl (C=O) groups is 1. The van der Waals surface area contributed by atoms with Gasteiger partial charge in [0.05, 0.1) is 25.6 Å². The second kappa shape index (κ2) is 7.28. The predicted octanol–water partition coefficient (Wildman–Crippen LogP) is 3.00. The number of nitrogens with two attached hydrogens (primary N) is 2. The van der Waals surface area contributed by atoms with E-state index in [0.717, 1.165) is 11.1 Å². The van der Waals surface area contributed by atoms with Gasteiger partial charge in [-0.1, -0.05) is 0 Å². The van der Waals surface area contributed by atoms with Crippen molar-refractivity contribution in [2.75, 3.05) is 25.7 Å². The highest BCUT2D eigenvalue weighted by atomic mass is 16.5. The summed E-state index contributed by atoms with van der Waals surface area (Å²) in [6, 6.07) is 11.8. The van der Waals surface area contributed by atoms with Crippen molar-refractivity contribution < 1.29 is 23.8 Å². The van der Waals surface area contributed by atoms with Crippen molar-refractivity contribution >= 4 is 28.3 Å². The number of hydrogen-bond acceptors (Lipinski definition) is 6. The monoisotopic (exact) mass is 330 g/mol. The Bertz CT molecular complexity index is 857. The summed E-state index contributed by atoms with van der Waals surface area (Å²) in [5.74, 6) is 0.240. The zero-order valence-electron chi connectivity index (χ0n) is 13.3. The van der Waals surface area contributed by atoms with Crippen LogP contribution < -0.4 is 20.9 Å². The van der Waals surface area contributed by atoms with Crippen LogP contribution in [0, 0.1) is 0 Å². The minimum absolute atomic E-state index is 0.0618. The lowest BCUT2D eigenvalue weighted by atomic mass is 10.2. The highest BCUT2D eigenvalue weighted by molar-refractivity contribution is 5.91. The summed E-state index contributed by atoms with van der Waals surface area (Å²) >= 11 is 0. The van der Waals surface area contributed by atoms with E-state index < -0.39 is 5.97 Å². The van der Waals surface area contributed by atoms with Crippen molar-refractivity contribution in [3.8, 4) is 11.5 Å². The van der Waals surface area contributed by atoms with E-state index in [2.05, 4.69) is 0 Å². The molecule has 0 saturated carbocycles. The van der Waals surface area contributed by atoms with E-state index in [0.29, 0.717) is 22.7 Å². The molecule has 3 aromatic rings. The zero-order valence-corrected chi connectivity index (χ0v) is 13.3. The first-order chi connectivity index (χ1) is 11.4. The topological polar surface area (TPSA) is 121 Å². The van der Waals surface area contributed by atoms with E-state index in [9.17, 15) is 4.79 Å². The van der Waals surface area contributed by atoms with Gasteiger partial charge in [-0.3, -0.25) is 0 Å². The maximum absolute atomic E-state index is 10.6. The molecule has 0 aliphatic rings. The Labute approximate surface area is 138 Å². The standard InChI is InChI=1S/C10H8O4.C7H10N2O/c1-13-7-3-2-6-4-9(10(11)12)14-8(6)5-7;1-10-5-2-3-6(8)7(9)4-5/h2-5H,1H3,(H,11,12);2-4H,8-9H2,1H3. The van der Waals surface area contributed by atoms with Crippen LogP contribution in [0.15, 0.2) is 46.9 Å². The Morgan fingerprint density at radius 3 is 2.17 bits per heavy atom. The number of nitrogen functional groups attached to an aromatic ring is 2. The third-order valence-corrected chi connectivity index (χ3v) is 3.23. The molecule has 1 aromatic heterocycles. The molecule has 0 aliphatic heterocycles. The average molecular weight is 330 g/mol. The zero-order chi connectivity index (χ0) is 17.7. The van der Waals surface area contributed by atoms with E-state index in [1.54, 1.807) is 50.6 Å². The van der Waals surface area contributed by atoms with Gasteiger partial charge in [-0.05, 0) is 30.3 Å². The molecule has 0 spiro atoms. The molecule has 0 bridgehead atoms. The number of carboxylic acid groups (broad SMARTS) is 1. The van der Waals surface area contributed by atoms with Crippen LogP contribution in [0.25, 0.3) is 11.0 Å². The van der Waals surface area contributed by atoms with Crippen molar-refractivity contribution in [3.63, 3.8) is 0 Å². The van der Waals surface area contributed by atoms with E-state index in [-0.39, 0.29) is 5.76 Å². The van der Waals surface area contributed by atoms with Gasteiger partial charge in [0.25, 0.3) is 0 Å². The van der Waals surface area contributed by atoms with Crippen LogP contribution in [-0.2, 0) is 0 Å². The van der Waals surface area contributed by atoms with Gasteiger partial charge in [-0.25, -0.2) is 4.79 Å². The molecule has 0 aliphatic carbocycles. The van der Waals surface area contributed by atoms with Crippen LogP contribution in [0.4, 0.5) is 11.4 Å². The molecule has 5 N–H and O–H groups in total. The van der Waals surface area contributed by atoms with Crippen LogP contribution in [0.3, 0.4) is 0 Å². The molecule has 0 saturated heterocycles. The minimum Gasteiger partial charge on any atom is -0.497 e. The number of hydrogen-bond donors (Lipinski definition) is 3. The van der Waals surface area contributed by atoms with Crippen LogP contribution in [0.1, 0.15) is 10.6 Å². The van der Waals surface area contributed by atoms with Gasteiger partial charge in [0, 0.05) is 17.5 Å². The number of methoxy groups -OCH3 is 2. The molecular formula is C17H18N2O5. The van der Waals surface area contributed by atoms with Gasteiger partial charge >= 0.3 is 5.97 Å². The molecule has 0 amide bonds. The first-order valence-corrected chi connectivity index (χ1v) is 6.94. The second-order valence-electron chi connectivity index (χ2n) is 4.81. The SMILES string of the molecule is COc1ccc(N)c(N)c1.COc1ccc2cc(C(=O)O)oc2c1. The van der Waals surface area contributed by atoms with E-state index in [4.69, 9.17) is 30.5 Å². The molecule has 2 aromatic carbocycles. The van der Waals surface area contributed by atoms with Crippen LogP contribution >= 0.6 is 0 Å². The van der Waals surface area contributed by atoms with Crippen molar-refractivity contribution in [2.24, 2.45) is 0 Å². The molecule has 3 rings (SSSR count). The molecule has 0 radical (unpaired) electrons. The fourth-order valence-electron chi connectivity index (χ4n) is 1.92. The van der Waals surface area contributed by atoms with Crippen LogP contribution in [0.2, 0.25) is 0 Å². The van der Waals surface area contributed by atoms with E-state index in [1.807, 2.05) is 0 Å². The van der Waals surface area contributed by atoms with Gasteiger partial charge in [0.15, 0.2) is 0 Å². The van der Waals surface area contributed by atoms with Crippen molar-refractivity contribution in [1.82, 2.24) is 0 Å². The van der Waals surface area contributed by atoms with Gasteiger partial charge in [0.2, 0.25) is 5.76 Å². The number of rotatable bonds is 3. The summed E-state index contributed by atoms with van der Waals surface area (Å²) in [5.41, 5.74) is 12.6. The third kappa shape index (κ3) is 3.89. The van der Waals surface area contributed by atoms with Crippen molar-refractivity contribution in [1.29, 1.82) is 0 Å². The summed E-state index contributed by atoms with van der Waals surface area (Å²) in [5, 5.41) is 9.44. The summed E-state index contributed by atoms with van der Waals surface area (Å²) in [7, 11) is 3.13. The Morgan fingerprint density at radius 1 is 0.958 bits per heavy atom. The molecule has 0 fully saturated rings. The highest BCUT2D eigenvalue weighted by Gasteiger charge is 2.10. The van der Waals surface area contributed by atoms with Gasteiger partial charge in [0.1, 0.15) is 17.1 Å². The number of anilines is 2. The molecule has 24 heavy (non-hydrogen) atoms. The molecule has 0 atom stereocenters. The normalized spacial score (nSPS) is 9.92. The quantitative estimate of drug-likeness (QED) is 0.631. The number of aromatic carboxylic acids is 1. The first kappa shape index (κ1) is 17.0. The number of furan rings is 1. The lowest BCUT2D eigenvalue weighted by Crippen LogP contribution is -1.94. The number of ether oxygens (including phenoxy) is 2. The average Bonchev–Trinajstić information content (AvgIpc) is 3.01. The second-order valence-corrected chi connectivity index (χ2v) is 4.81. The van der Waals surface area contributed by atoms with E-state index >= 15 is 0 Å². The van der Waals surface area contributed by atoms with Crippen LogP contribution in [-0.4, -0.2) is 25.3 Å². The first-order valence-electron chi connectivity index (χ1n) is 6.94. The molecule has 7 nitrogen and oxygen atoms in total. The summed E-state index contributed by atoms with van der Waals surface area (Å²) < 4.78 is 15.0. The highest BCUT2D eigenvalue weighted by Crippen LogP contribution is 2.24. The fourth-order valence-corrected chi connectivity index (χ4v) is 1.92. The van der Waals surface area contributed by atoms with Gasteiger partial charge in [-0.2, -0.15) is 0 Å². The Balaban J connectivity index is 0.000000185. The number of carboxylic acids is 1. The van der Waals surface area contributed by atoms with Gasteiger partial charge < -0.3 is 30.5 Å². The fraction of sp³-hybridized carbons (Fsp3) is 0.118. The van der Waals surface area contributed by atoms with Crippen LogP contribution in [0.5, 0.6) is 11.5 Å². The van der Waals surface area contributed by atoms with Gasteiger partial charge in [-0.15, -0.1) is 0 Å². The summed E-state index contributed by atoms with van der Waals surface area (Å²) in [6.07, 6.45) is 0. The van der Waals surface area contributed by atoms with Crippen molar-refractivity contribution in [3.05, 3.63) is 48.2 Å². The van der Waals surface area contributed by atoms with Crippen molar-refractivity contribution in [2.45, 2.75) is 0 Å². The molecule has 7 heteroatoms. The number of benzene rings is 2. The largest absolute Gasteiger partial charge is 0.497 e. The molecular weight excluding hydrogens is 312 g/mol. The Morgan fingerprint density at radius 2 is 1.58 bits per heavy atom. The Kier molecular flexibility index (Phi) is 5.16. The maximum Gasteiger partial charge on any atom is 0.371 e. The minimum atomic E-state index is -1.07. The molecule has 1 heterocycles. The van der Waals surface area contributed by atoms with E-state index in [1.165, 1.54) is 6.07 Å². The third-order valence-electron chi connectivity index (χ3n) is 3.23. The maximum atomic E-state index is 10.6. The Hall–Kier alpha value is -3.35. The molecule has 126 valence electrons. The molecule has 0 unspecified atom stereocenters. The summed E-state index contributed by atoms with van der Waals surface area (Å²) in [4.78, 5) is 10.6. The smallest absolute Gasteiger partial charge is 0.371 e. The summed E-state index contributed by atoms with van der Waals surface area (Å²) in [6.45, 7) is 0.